The predicted octanol–water partition coefficient (Wildman–Crippen LogP) is 3.81. The van der Waals surface area contributed by atoms with Crippen molar-refractivity contribution in [2.75, 3.05) is 19.9 Å². The smallest absolute Gasteiger partial charge is 0.260 e. The number of likely N-dealkylation sites (N-methyl/N-ethyl adjacent to an activating group) is 1. The molecule has 1 amide bonds. The molecule has 27 heavy (non-hydrogen) atoms. The van der Waals surface area contributed by atoms with Crippen LogP contribution >= 0.6 is 0 Å². The van der Waals surface area contributed by atoms with Gasteiger partial charge in [-0.2, -0.15) is 0 Å². The molecule has 2 aromatic carbocycles. The van der Waals surface area contributed by atoms with Gasteiger partial charge in [0, 0.05) is 13.3 Å². The van der Waals surface area contributed by atoms with Crippen molar-refractivity contribution < 1.29 is 17.9 Å². The normalized spacial score (nSPS) is 12.7. The molecule has 146 valence electrons. The van der Waals surface area contributed by atoms with Gasteiger partial charge in [-0.3, -0.25) is 4.79 Å². The van der Waals surface area contributed by atoms with Gasteiger partial charge in [0.15, 0.2) is 16.4 Å². The minimum Gasteiger partial charge on any atom is -0.484 e. The number of sulfone groups is 1. The van der Waals surface area contributed by atoms with E-state index in [1.807, 2.05) is 31.2 Å². The maximum atomic E-state index is 12.4. The second kappa shape index (κ2) is 8.57. The summed E-state index contributed by atoms with van der Waals surface area (Å²) in [5, 5.41) is 0. The first-order valence-corrected chi connectivity index (χ1v) is 10.8. The maximum absolute atomic E-state index is 12.4. The van der Waals surface area contributed by atoms with Gasteiger partial charge in [-0.15, -0.1) is 0 Å². The van der Waals surface area contributed by atoms with Gasteiger partial charge in [0.2, 0.25) is 0 Å². The van der Waals surface area contributed by atoms with E-state index >= 15 is 0 Å². The molecule has 0 aliphatic heterocycles. The van der Waals surface area contributed by atoms with Crippen molar-refractivity contribution in [1.29, 1.82) is 0 Å². The largest absolute Gasteiger partial charge is 0.484 e. The summed E-state index contributed by atoms with van der Waals surface area (Å²) in [6, 6.07) is 14.1. The molecular formula is C21H27NO4S. The first-order valence-electron chi connectivity index (χ1n) is 8.88. The van der Waals surface area contributed by atoms with Gasteiger partial charge >= 0.3 is 0 Å². The zero-order valence-corrected chi connectivity index (χ0v) is 17.3. The van der Waals surface area contributed by atoms with Crippen molar-refractivity contribution in [1.82, 2.24) is 4.90 Å². The van der Waals surface area contributed by atoms with E-state index in [1.165, 1.54) is 11.8 Å². The van der Waals surface area contributed by atoms with E-state index in [4.69, 9.17) is 4.74 Å². The highest BCUT2D eigenvalue weighted by Crippen LogP contribution is 2.22. The molecule has 0 spiro atoms. The molecule has 0 fully saturated rings. The zero-order chi connectivity index (χ0) is 20.2. The Balaban J connectivity index is 1.97. The fraction of sp³-hybridized carbons (Fsp3) is 0.381. The highest BCUT2D eigenvalue weighted by atomic mass is 32.2. The van der Waals surface area contributed by atoms with Crippen LogP contribution in [0.1, 0.15) is 43.9 Å². The van der Waals surface area contributed by atoms with Crippen molar-refractivity contribution in [3.63, 3.8) is 0 Å². The van der Waals surface area contributed by atoms with Crippen LogP contribution in [0, 0.1) is 0 Å². The van der Waals surface area contributed by atoms with Crippen LogP contribution in [0.2, 0.25) is 0 Å². The second-order valence-electron chi connectivity index (χ2n) is 7.03. The van der Waals surface area contributed by atoms with Crippen molar-refractivity contribution in [3.8, 4) is 5.75 Å². The zero-order valence-electron chi connectivity index (χ0n) is 16.5. The first-order chi connectivity index (χ1) is 12.6. The Labute approximate surface area is 161 Å². The number of benzene rings is 2. The third-order valence-electron chi connectivity index (χ3n) is 4.67. The van der Waals surface area contributed by atoms with Gasteiger partial charge in [0.05, 0.1) is 10.9 Å². The van der Waals surface area contributed by atoms with Crippen LogP contribution in [0.15, 0.2) is 53.4 Å². The number of rotatable bonds is 7. The summed E-state index contributed by atoms with van der Waals surface area (Å²) in [4.78, 5) is 14.3. The van der Waals surface area contributed by atoms with Gasteiger partial charge in [-0.25, -0.2) is 8.42 Å². The molecule has 5 nitrogen and oxygen atoms in total. The summed E-state index contributed by atoms with van der Waals surface area (Å²) >= 11 is 0. The molecular weight excluding hydrogens is 362 g/mol. The molecule has 0 bridgehead atoms. The van der Waals surface area contributed by atoms with E-state index in [2.05, 4.69) is 13.8 Å². The number of ether oxygens (including phenoxy) is 1. The number of carbonyl (C=O) groups is 1. The minimum absolute atomic E-state index is 0.0523. The summed E-state index contributed by atoms with van der Waals surface area (Å²) in [6.07, 6.45) is 1.17. The van der Waals surface area contributed by atoms with Crippen molar-refractivity contribution >= 4 is 15.7 Å². The molecule has 0 saturated carbocycles. The van der Waals surface area contributed by atoms with Crippen molar-refractivity contribution in [2.45, 2.75) is 37.6 Å². The number of carbonyl (C=O) groups excluding carboxylic acids is 1. The molecule has 2 rings (SSSR count). The Kier molecular flexibility index (Phi) is 6.65. The Morgan fingerprint density at radius 3 is 1.96 bits per heavy atom. The van der Waals surface area contributed by atoms with Crippen LogP contribution in [0.5, 0.6) is 5.75 Å². The van der Waals surface area contributed by atoms with E-state index in [-0.39, 0.29) is 23.5 Å². The molecule has 2 aromatic rings. The van der Waals surface area contributed by atoms with Crippen LogP contribution in [-0.2, 0) is 14.6 Å². The Bertz CT molecular complexity index is 871. The van der Waals surface area contributed by atoms with Crippen molar-refractivity contribution in [3.05, 3.63) is 59.7 Å². The monoisotopic (exact) mass is 389 g/mol. The molecule has 1 unspecified atom stereocenters. The molecule has 6 heteroatoms. The number of nitrogens with zero attached hydrogens (tertiary/aromatic N) is 1. The molecule has 0 aromatic heterocycles. The SMILES string of the molecule is CC(C)c1ccc(OCC(=O)N(C)C(C)c2ccc(S(C)(=O)=O)cc2)cc1. The lowest BCUT2D eigenvalue weighted by Gasteiger charge is -2.25. The number of hydrogen-bond donors (Lipinski definition) is 0. The van der Waals surface area contributed by atoms with E-state index in [9.17, 15) is 13.2 Å². The van der Waals surface area contributed by atoms with E-state index in [0.29, 0.717) is 11.7 Å². The lowest BCUT2D eigenvalue weighted by molar-refractivity contribution is -0.134. The van der Waals surface area contributed by atoms with Gasteiger partial charge in [0.25, 0.3) is 5.91 Å². The molecule has 0 aliphatic carbocycles. The van der Waals surface area contributed by atoms with E-state index in [1.54, 1.807) is 36.2 Å². The average molecular weight is 390 g/mol. The summed E-state index contributed by atoms with van der Waals surface area (Å²) in [5.74, 6) is 0.954. The standard InChI is InChI=1S/C21H27NO4S/c1-15(2)17-6-10-19(11-7-17)26-14-21(23)22(4)16(3)18-8-12-20(13-9-18)27(5,24)25/h6-13,15-16H,14H2,1-5H3. The summed E-state index contributed by atoms with van der Waals surface area (Å²) in [7, 11) is -1.52. The van der Waals surface area contributed by atoms with Crippen LogP contribution in [0.3, 0.4) is 0 Å². The fourth-order valence-corrected chi connectivity index (χ4v) is 3.26. The van der Waals surface area contributed by atoms with Crippen LogP contribution in [0.25, 0.3) is 0 Å². The van der Waals surface area contributed by atoms with Gasteiger partial charge in [0.1, 0.15) is 5.75 Å². The van der Waals surface area contributed by atoms with Crippen molar-refractivity contribution in [2.24, 2.45) is 0 Å². The Morgan fingerprint density at radius 1 is 0.963 bits per heavy atom. The molecule has 0 aliphatic rings. The maximum Gasteiger partial charge on any atom is 0.260 e. The van der Waals surface area contributed by atoms with Gasteiger partial charge in [-0.1, -0.05) is 38.1 Å². The number of amides is 1. The number of hydrogen-bond acceptors (Lipinski definition) is 4. The van der Waals surface area contributed by atoms with Crippen LogP contribution in [0.4, 0.5) is 0 Å². The Morgan fingerprint density at radius 2 is 1.48 bits per heavy atom. The van der Waals surface area contributed by atoms with Crippen LogP contribution < -0.4 is 4.74 Å². The lowest BCUT2D eigenvalue weighted by atomic mass is 10.0. The fourth-order valence-electron chi connectivity index (χ4n) is 2.63. The third-order valence-corrected chi connectivity index (χ3v) is 5.80. The molecule has 0 heterocycles. The molecule has 1 atom stereocenters. The Hall–Kier alpha value is -2.34. The molecule has 0 N–H and O–H groups in total. The van der Waals surface area contributed by atoms with Crippen LogP contribution in [-0.4, -0.2) is 39.1 Å². The highest BCUT2D eigenvalue weighted by molar-refractivity contribution is 7.90. The highest BCUT2D eigenvalue weighted by Gasteiger charge is 2.18. The van der Waals surface area contributed by atoms with E-state index < -0.39 is 9.84 Å². The third kappa shape index (κ3) is 5.57. The topological polar surface area (TPSA) is 63.7 Å². The molecule has 0 saturated heterocycles. The first kappa shape index (κ1) is 21.0. The van der Waals surface area contributed by atoms with Gasteiger partial charge < -0.3 is 9.64 Å². The molecule has 0 radical (unpaired) electrons. The lowest BCUT2D eigenvalue weighted by Crippen LogP contribution is -2.33. The van der Waals surface area contributed by atoms with E-state index in [0.717, 1.165) is 5.56 Å². The summed E-state index contributed by atoms with van der Waals surface area (Å²) in [5.41, 5.74) is 2.08. The quantitative estimate of drug-likeness (QED) is 0.722. The summed E-state index contributed by atoms with van der Waals surface area (Å²) < 4.78 is 28.7. The second-order valence-corrected chi connectivity index (χ2v) is 9.05. The minimum atomic E-state index is -3.23. The predicted molar refractivity (Wildman–Crippen MR) is 107 cm³/mol. The summed E-state index contributed by atoms with van der Waals surface area (Å²) in [6.45, 7) is 6.09. The average Bonchev–Trinajstić information content (AvgIpc) is 2.64. The van der Waals surface area contributed by atoms with Gasteiger partial charge in [-0.05, 0) is 48.2 Å².